The van der Waals surface area contributed by atoms with E-state index in [1.54, 1.807) is 6.92 Å². The third kappa shape index (κ3) is 2.79. The molecule has 0 bridgehead atoms. The maximum Gasteiger partial charge on any atom is 0.306 e. The fourth-order valence-corrected chi connectivity index (χ4v) is 2.58. The van der Waals surface area contributed by atoms with Crippen molar-refractivity contribution in [1.82, 2.24) is 9.36 Å². The van der Waals surface area contributed by atoms with Crippen molar-refractivity contribution in [2.45, 2.75) is 26.2 Å². The first-order valence-electron chi connectivity index (χ1n) is 5.40. The van der Waals surface area contributed by atoms with Gasteiger partial charge in [0.15, 0.2) is 0 Å². The number of hydrogen-bond donors (Lipinski definition) is 2. The van der Waals surface area contributed by atoms with Crippen LogP contribution >= 0.6 is 11.5 Å². The number of rotatable bonds is 3. The van der Waals surface area contributed by atoms with Crippen molar-refractivity contribution < 1.29 is 14.7 Å². The predicted molar refractivity (Wildman–Crippen MR) is 61.7 cm³/mol. The Morgan fingerprint density at radius 3 is 2.65 bits per heavy atom. The molecule has 0 radical (unpaired) electrons. The Kier molecular flexibility index (Phi) is 3.37. The van der Waals surface area contributed by atoms with Crippen LogP contribution < -0.4 is 5.32 Å². The summed E-state index contributed by atoms with van der Waals surface area (Å²) in [6.45, 7) is 1.75. The molecule has 0 spiro atoms. The van der Waals surface area contributed by atoms with Crippen LogP contribution in [0.3, 0.4) is 0 Å². The van der Waals surface area contributed by atoms with Gasteiger partial charge in [-0.1, -0.05) is 0 Å². The van der Waals surface area contributed by atoms with E-state index < -0.39 is 5.97 Å². The largest absolute Gasteiger partial charge is 0.481 e. The van der Waals surface area contributed by atoms with E-state index in [1.165, 1.54) is 0 Å². The monoisotopic (exact) mass is 255 g/mol. The smallest absolute Gasteiger partial charge is 0.306 e. The first kappa shape index (κ1) is 12.0. The number of anilines is 1. The maximum absolute atomic E-state index is 11.8. The third-order valence-corrected chi connectivity index (χ3v) is 3.63. The highest BCUT2D eigenvalue weighted by Crippen LogP contribution is 2.31. The molecule has 1 saturated carbocycles. The van der Waals surface area contributed by atoms with Crippen LogP contribution in [-0.4, -0.2) is 26.3 Å². The second-order valence-electron chi connectivity index (χ2n) is 4.18. The Labute approximate surface area is 102 Å². The zero-order chi connectivity index (χ0) is 12.4. The number of amides is 1. The molecule has 1 aromatic heterocycles. The molecule has 1 amide bonds. The molecule has 7 heteroatoms. The molecular weight excluding hydrogens is 242 g/mol. The molecule has 17 heavy (non-hydrogen) atoms. The van der Waals surface area contributed by atoms with E-state index in [1.807, 2.05) is 0 Å². The highest BCUT2D eigenvalue weighted by Gasteiger charge is 2.34. The molecule has 1 aliphatic rings. The summed E-state index contributed by atoms with van der Waals surface area (Å²) >= 11 is 1.13. The summed E-state index contributed by atoms with van der Waals surface area (Å²) in [5.41, 5.74) is 0. The molecule has 92 valence electrons. The molecule has 2 unspecified atom stereocenters. The van der Waals surface area contributed by atoms with Gasteiger partial charge in [0.1, 0.15) is 5.82 Å². The summed E-state index contributed by atoms with van der Waals surface area (Å²) < 4.78 is 3.96. The Bertz CT molecular complexity index is 446. The number of carboxylic acid groups (broad SMARTS) is 1. The molecule has 0 aliphatic heterocycles. The molecule has 6 nitrogen and oxygen atoms in total. The second kappa shape index (κ2) is 4.79. The summed E-state index contributed by atoms with van der Waals surface area (Å²) in [6, 6.07) is 0. The number of carboxylic acids is 1. The Balaban J connectivity index is 1.91. The van der Waals surface area contributed by atoms with Crippen LogP contribution in [0.4, 0.5) is 5.13 Å². The Morgan fingerprint density at radius 1 is 1.41 bits per heavy atom. The Morgan fingerprint density at radius 2 is 2.12 bits per heavy atom. The summed E-state index contributed by atoms with van der Waals surface area (Å²) in [6.07, 6.45) is 1.61. The highest BCUT2D eigenvalue weighted by atomic mass is 32.1. The van der Waals surface area contributed by atoms with Crippen LogP contribution in [0.1, 0.15) is 25.1 Å². The number of carbonyl (C=O) groups is 2. The lowest BCUT2D eigenvalue weighted by Gasteiger charge is -2.07. The average molecular weight is 255 g/mol. The van der Waals surface area contributed by atoms with Crippen LogP contribution in [0, 0.1) is 18.8 Å². The van der Waals surface area contributed by atoms with Crippen LogP contribution in [0.15, 0.2) is 0 Å². The van der Waals surface area contributed by atoms with Gasteiger partial charge in [-0.25, -0.2) is 4.98 Å². The van der Waals surface area contributed by atoms with Gasteiger partial charge in [-0.15, -0.1) is 0 Å². The zero-order valence-electron chi connectivity index (χ0n) is 9.34. The molecule has 2 N–H and O–H groups in total. The molecule has 1 heterocycles. The minimum atomic E-state index is -0.813. The van der Waals surface area contributed by atoms with Crippen LogP contribution in [0.2, 0.25) is 0 Å². The third-order valence-electron chi connectivity index (χ3n) is 2.91. The minimum Gasteiger partial charge on any atom is -0.481 e. The fraction of sp³-hybridized carbons (Fsp3) is 0.600. The number of aliphatic carboxylic acids is 1. The zero-order valence-corrected chi connectivity index (χ0v) is 10.2. The van der Waals surface area contributed by atoms with E-state index in [9.17, 15) is 9.59 Å². The quantitative estimate of drug-likeness (QED) is 0.849. The minimum absolute atomic E-state index is 0.148. The number of aryl methyl sites for hydroxylation is 1. The van der Waals surface area contributed by atoms with Gasteiger partial charge in [-0.05, 0) is 26.2 Å². The average Bonchev–Trinajstić information content (AvgIpc) is 2.86. The Hall–Kier alpha value is -1.50. The van der Waals surface area contributed by atoms with Gasteiger partial charge < -0.3 is 10.4 Å². The number of hydrogen-bond acceptors (Lipinski definition) is 5. The molecule has 1 aliphatic carbocycles. The van der Waals surface area contributed by atoms with Crippen LogP contribution in [0.5, 0.6) is 0 Å². The predicted octanol–water partition coefficient (Wildman–Crippen LogP) is 1.29. The number of carbonyl (C=O) groups excluding carboxylic acids is 1. The van der Waals surface area contributed by atoms with Crippen molar-refractivity contribution >= 4 is 28.5 Å². The van der Waals surface area contributed by atoms with E-state index >= 15 is 0 Å². The lowest BCUT2D eigenvalue weighted by molar-refractivity contribution is -0.141. The lowest BCUT2D eigenvalue weighted by atomic mass is 10.0. The van der Waals surface area contributed by atoms with E-state index in [4.69, 9.17) is 5.11 Å². The van der Waals surface area contributed by atoms with Gasteiger partial charge in [0.2, 0.25) is 11.0 Å². The summed E-state index contributed by atoms with van der Waals surface area (Å²) in [7, 11) is 0. The lowest BCUT2D eigenvalue weighted by Crippen LogP contribution is -2.21. The molecule has 2 atom stereocenters. The van der Waals surface area contributed by atoms with Crippen molar-refractivity contribution in [2.24, 2.45) is 11.8 Å². The van der Waals surface area contributed by atoms with Gasteiger partial charge in [-0.2, -0.15) is 4.37 Å². The van der Waals surface area contributed by atoms with Gasteiger partial charge in [-0.3, -0.25) is 9.59 Å². The van der Waals surface area contributed by atoms with Crippen molar-refractivity contribution in [1.29, 1.82) is 0 Å². The van der Waals surface area contributed by atoms with Crippen LogP contribution in [-0.2, 0) is 9.59 Å². The molecule has 0 aromatic carbocycles. The van der Waals surface area contributed by atoms with E-state index in [2.05, 4.69) is 14.7 Å². The highest BCUT2D eigenvalue weighted by molar-refractivity contribution is 7.09. The van der Waals surface area contributed by atoms with Crippen LogP contribution in [0.25, 0.3) is 0 Å². The van der Waals surface area contributed by atoms with Crippen molar-refractivity contribution in [3.63, 3.8) is 0 Å². The maximum atomic E-state index is 11.8. The molecular formula is C10H13N3O3S. The van der Waals surface area contributed by atoms with Crippen molar-refractivity contribution in [3.8, 4) is 0 Å². The summed E-state index contributed by atoms with van der Waals surface area (Å²) in [4.78, 5) is 26.6. The summed E-state index contributed by atoms with van der Waals surface area (Å²) in [5, 5.41) is 12.0. The second-order valence-corrected chi connectivity index (χ2v) is 4.93. The van der Waals surface area contributed by atoms with Gasteiger partial charge in [0.05, 0.1) is 5.92 Å². The standard InChI is InChI=1S/C10H13N3O3S/c1-5-11-10(17-13-5)12-8(14)6-2-3-7(4-6)9(15)16/h6-7H,2-4H2,1H3,(H,15,16)(H,11,12,13,14). The normalized spacial score (nSPS) is 23.6. The number of aromatic nitrogens is 2. The van der Waals surface area contributed by atoms with E-state index in [0.717, 1.165) is 11.5 Å². The number of nitrogens with zero attached hydrogens (tertiary/aromatic N) is 2. The van der Waals surface area contributed by atoms with Gasteiger partial charge in [0, 0.05) is 17.5 Å². The van der Waals surface area contributed by atoms with E-state index in [-0.39, 0.29) is 17.7 Å². The first-order valence-corrected chi connectivity index (χ1v) is 6.17. The topological polar surface area (TPSA) is 92.2 Å². The molecule has 2 rings (SSSR count). The number of nitrogens with one attached hydrogen (secondary N) is 1. The first-order chi connectivity index (χ1) is 8.06. The van der Waals surface area contributed by atoms with E-state index in [0.29, 0.717) is 30.2 Å². The van der Waals surface area contributed by atoms with Crippen molar-refractivity contribution in [3.05, 3.63) is 5.82 Å². The molecule has 1 aromatic rings. The summed E-state index contributed by atoms with van der Waals surface area (Å²) in [5.74, 6) is -0.945. The van der Waals surface area contributed by atoms with Gasteiger partial charge >= 0.3 is 5.97 Å². The molecule has 0 saturated heterocycles. The van der Waals surface area contributed by atoms with Crippen molar-refractivity contribution in [2.75, 3.05) is 5.32 Å². The fourth-order valence-electron chi connectivity index (χ4n) is 2.00. The van der Waals surface area contributed by atoms with Gasteiger partial charge in [0.25, 0.3) is 0 Å². The SMILES string of the molecule is Cc1nsc(NC(=O)C2CCC(C(=O)O)C2)n1. The molecule has 1 fully saturated rings.